The van der Waals surface area contributed by atoms with E-state index < -0.39 is 10.0 Å². The maximum absolute atomic E-state index is 12.5. The summed E-state index contributed by atoms with van der Waals surface area (Å²) in [6, 6.07) is 20.0. The minimum atomic E-state index is -3.71. The molecule has 5 nitrogen and oxygen atoms in total. The Bertz CT molecular complexity index is 1070. The smallest absolute Gasteiger partial charge is 0.261 e. The molecular formula is C19H14BrIN2O3S. The normalized spacial score (nSPS) is 11.0. The second-order valence-electron chi connectivity index (χ2n) is 5.60. The number of carbonyl (C=O) groups is 1. The maximum atomic E-state index is 12.5. The topological polar surface area (TPSA) is 75.3 Å². The Hall–Kier alpha value is -1.91. The summed E-state index contributed by atoms with van der Waals surface area (Å²) in [5.74, 6) is -0.253. The van der Waals surface area contributed by atoms with Crippen LogP contribution in [-0.2, 0) is 10.0 Å². The predicted octanol–water partition coefficient (Wildman–Crippen LogP) is 5.11. The van der Waals surface area contributed by atoms with Gasteiger partial charge in [-0.1, -0.05) is 22.0 Å². The first-order valence-corrected chi connectivity index (χ1v) is 11.1. The average Bonchev–Trinajstić information content (AvgIpc) is 2.64. The van der Waals surface area contributed by atoms with Gasteiger partial charge in [-0.2, -0.15) is 0 Å². The van der Waals surface area contributed by atoms with Crippen LogP contribution in [0, 0.1) is 3.57 Å². The van der Waals surface area contributed by atoms with Crippen molar-refractivity contribution < 1.29 is 13.2 Å². The highest BCUT2D eigenvalue weighted by Gasteiger charge is 2.14. The Balaban J connectivity index is 1.72. The molecular weight excluding hydrogens is 543 g/mol. The molecule has 0 radical (unpaired) electrons. The molecule has 0 heterocycles. The van der Waals surface area contributed by atoms with E-state index in [4.69, 9.17) is 0 Å². The first-order chi connectivity index (χ1) is 12.8. The van der Waals surface area contributed by atoms with Gasteiger partial charge in [-0.05, 0) is 89.3 Å². The third-order valence-electron chi connectivity index (χ3n) is 3.61. The highest BCUT2D eigenvalue weighted by atomic mass is 127. The van der Waals surface area contributed by atoms with Crippen LogP contribution >= 0.6 is 38.5 Å². The van der Waals surface area contributed by atoms with E-state index in [1.165, 1.54) is 12.1 Å². The fraction of sp³-hybridized carbons (Fsp3) is 0. The minimum Gasteiger partial charge on any atom is -0.322 e. The summed E-state index contributed by atoms with van der Waals surface area (Å²) in [5, 5.41) is 2.76. The largest absolute Gasteiger partial charge is 0.322 e. The van der Waals surface area contributed by atoms with Gasteiger partial charge in [0.25, 0.3) is 15.9 Å². The Morgan fingerprint density at radius 1 is 0.889 bits per heavy atom. The minimum absolute atomic E-state index is 0.109. The number of halogens is 2. The number of nitrogens with one attached hydrogen (secondary N) is 2. The first kappa shape index (κ1) is 19.8. The lowest BCUT2D eigenvalue weighted by molar-refractivity contribution is 0.102. The second-order valence-corrected chi connectivity index (χ2v) is 9.44. The molecule has 0 bridgehead atoms. The van der Waals surface area contributed by atoms with Crippen LogP contribution in [0.2, 0.25) is 0 Å². The summed E-state index contributed by atoms with van der Waals surface area (Å²) < 4.78 is 29.3. The summed E-state index contributed by atoms with van der Waals surface area (Å²) in [5.41, 5.74) is 1.52. The van der Waals surface area contributed by atoms with Crippen molar-refractivity contribution in [2.24, 2.45) is 0 Å². The van der Waals surface area contributed by atoms with Crippen LogP contribution in [0.1, 0.15) is 10.4 Å². The van der Waals surface area contributed by atoms with E-state index in [-0.39, 0.29) is 10.8 Å². The summed E-state index contributed by atoms with van der Waals surface area (Å²) in [6.07, 6.45) is 0. The molecule has 0 aromatic heterocycles. The van der Waals surface area contributed by atoms with Crippen molar-refractivity contribution in [3.05, 3.63) is 86.4 Å². The van der Waals surface area contributed by atoms with Gasteiger partial charge in [0.1, 0.15) is 0 Å². The highest BCUT2D eigenvalue weighted by molar-refractivity contribution is 14.1. The lowest BCUT2D eigenvalue weighted by Crippen LogP contribution is -2.14. The number of hydrogen-bond acceptors (Lipinski definition) is 3. The van der Waals surface area contributed by atoms with Gasteiger partial charge >= 0.3 is 0 Å². The molecule has 0 unspecified atom stereocenters. The summed E-state index contributed by atoms with van der Waals surface area (Å²) in [7, 11) is -3.71. The van der Waals surface area contributed by atoms with Crippen molar-refractivity contribution in [1.82, 2.24) is 0 Å². The van der Waals surface area contributed by atoms with Crippen molar-refractivity contribution in [2.45, 2.75) is 4.90 Å². The number of hydrogen-bond donors (Lipinski definition) is 2. The number of sulfonamides is 1. The molecule has 0 spiro atoms. The molecule has 3 aromatic rings. The Labute approximate surface area is 179 Å². The van der Waals surface area contributed by atoms with Crippen LogP contribution in [0.4, 0.5) is 11.4 Å². The molecule has 8 heteroatoms. The fourth-order valence-electron chi connectivity index (χ4n) is 2.28. The third kappa shape index (κ3) is 5.30. The first-order valence-electron chi connectivity index (χ1n) is 7.79. The van der Waals surface area contributed by atoms with E-state index in [2.05, 4.69) is 48.6 Å². The molecule has 2 N–H and O–H groups in total. The molecule has 0 atom stereocenters. The van der Waals surface area contributed by atoms with E-state index in [1.54, 1.807) is 54.6 Å². The van der Waals surface area contributed by atoms with E-state index in [9.17, 15) is 13.2 Å². The molecule has 27 heavy (non-hydrogen) atoms. The summed E-state index contributed by atoms with van der Waals surface area (Å²) >= 11 is 5.44. The fourth-order valence-corrected chi connectivity index (χ4v) is 4.15. The molecule has 1 amide bonds. The molecule has 0 fully saturated rings. The van der Waals surface area contributed by atoms with Crippen LogP contribution in [0.3, 0.4) is 0 Å². The molecule has 3 rings (SSSR count). The van der Waals surface area contributed by atoms with Crippen molar-refractivity contribution in [3.8, 4) is 0 Å². The molecule has 0 saturated carbocycles. The van der Waals surface area contributed by atoms with Crippen molar-refractivity contribution in [2.75, 3.05) is 10.0 Å². The van der Waals surface area contributed by atoms with E-state index in [0.29, 0.717) is 16.9 Å². The summed E-state index contributed by atoms with van der Waals surface area (Å²) in [4.78, 5) is 12.4. The zero-order chi connectivity index (χ0) is 19.4. The number of amides is 1. The third-order valence-corrected chi connectivity index (χ3v) is 6.20. The van der Waals surface area contributed by atoms with E-state index in [0.717, 1.165) is 8.04 Å². The van der Waals surface area contributed by atoms with Crippen LogP contribution in [-0.4, -0.2) is 14.3 Å². The van der Waals surface area contributed by atoms with Crippen LogP contribution < -0.4 is 10.0 Å². The zero-order valence-electron chi connectivity index (χ0n) is 13.8. The zero-order valence-corrected chi connectivity index (χ0v) is 18.4. The molecule has 3 aromatic carbocycles. The Morgan fingerprint density at radius 3 is 2.15 bits per heavy atom. The number of rotatable bonds is 5. The van der Waals surface area contributed by atoms with E-state index >= 15 is 0 Å². The quantitative estimate of drug-likeness (QED) is 0.429. The van der Waals surface area contributed by atoms with Gasteiger partial charge in [-0.3, -0.25) is 9.52 Å². The van der Waals surface area contributed by atoms with Crippen LogP contribution in [0.15, 0.2) is 82.2 Å². The molecule has 0 aliphatic rings. The molecule has 0 aliphatic heterocycles. The lowest BCUT2D eigenvalue weighted by atomic mass is 10.2. The molecule has 0 saturated heterocycles. The average molecular weight is 557 g/mol. The lowest BCUT2D eigenvalue weighted by Gasteiger charge is -2.10. The van der Waals surface area contributed by atoms with Crippen molar-refractivity contribution in [1.29, 1.82) is 0 Å². The van der Waals surface area contributed by atoms with Gasteiger partial charge in [-0.15, -0.1) is 0 Å². The van der Waals surface area contributed by atoms with Gasteiger partial charge in [0, 0.05) is 25.0 Å². The van der Waals surface area contributed by atoms with Crippen molar-refractivity contribution in [3.63, 3.8) is 0 Å². The summed E-state index contributed by atoms with van der Waals surface area (Å²) in [6.45, 7) is 0. The molecule has 0 aliphatic carbocycles. The molecule has 138 valence electrons. The van der Waals surface area contributed by atoms with E-state index in [1.807, 2.05) is 6.07 Å². The maximum Gasteiger partial charge on any atom is 0.261 e. The number of anilines is 2. The monoisotopic (exact) mass is 556 g/mol. The standard InChI is InChI=1S/C19H14BrIN2O3S/c20-14-4-6-17(7-5-14)23-27(25,26)18-10-8-16(9-11-18)22-19(24)13-2-1-3-15(21)12-13/h1-12,23H,(H,22,24). The second kappa shape index (κ2) is 8.41. The number of carbonyl (C=O) groups excluding carboxylic acids is 1. The van der Waals surface area contributed by atoms with Gasteiger partial charge in [0.15, 0.2) is 0 Å². The Morgan fingerprint density at radius 2 is 1.52 bits per heavy atom. The van der Waals surface area contributed by atoms with Gasteiger partial charge < -0.3 is 5.32 Å². The van der Waals surface area contributed by atoms with Crippen LogP contribution in [0.5, 0.6) is 0 Å². The Kier molecular flexibility index (Phi) is 6.18. The SMILES string of the molecule is O=C(Nc1ccc(S(=O)(=O)Nc2ccc(Br)cc2)cc1)c1cccc(I)c1. The van der Waals surface area contributed by atoms with Gasteiger partial charge in [-0.25, -0.2) is 8.42 Å². The van der Waals surface area contributed by atoms with Gasteiger partial charge in [0.05, 0.1) is 4.90 Å². The van der Waals surface area contributed by atoms with Crippen LogP contribution in [0.25, 0.3) is 0 Å². The van der Waals surface area contributed by atoms with Gasteiger partial charge in [0.2, 0.25) is 0 Å². The highest BCUT2D eigenvalue weighted by Crippen LogP contribution is 2.20. The predicted molar refractivity (Wildman–Crippen MR) is 119 cm³/mol. The van der Waals surface area contributed by atoms with Crippen molar-refractivity contribution >= 4 is 65.8 Å². The number of benzene rings is 3.